The van der Waals surface area contributed by atoms with E-state index >= 15 is 0 Å². The summed E-state index contributed by atoms with van der Waals surface area (Å²) in [5.41, 5.74) is 18.4. The van der Waals surface area contributed by atoms with Gasteiger partial charge in [-0.05, 0) is 43.2 Å². The van der Waals surface area contributed by atoms with Gasteiger partial charge in [-0.2, -0.15) is 0 Å². The maximum absolute atomic E-state index is 10.9. The van der Waals surface area contributed by atoms with Crippen molar-refractivity contribution in [2.24, 2.45) is 10.2 Å². The first-order valence-corrected chi connectivity index (χ1v) is 13.5. The summed E-state index contributed by atoms with van der Waals surface area (Å²) in [6.45, 7) is 0.278. The monoisotopic (exact) mass is 518 g/mol. The van der Waals surface area contributed by atoms with Crippen LogP contribution >= 0.6 is 0 Å². The number of azide groups is 2. The lowest BCUT2D eigenvalue weighted by atomic mass is 9.84. The molecule has 0 aromatic rings. The summed E-state index contributed by atoms with van der Waals surface area (Å²) in [5.74, 6) is -1.39. The summed E-state index contributed by atoms with van der Waals surface area (Å²) in [6.07, 6.45) is 7.11. The minimum atomic E-state index is -0.932. The maximum atomic E-state index is 10.9. The third-order valence-electron chi connectivity index (χ3n) is 8.61. The van der Waals surface area contributed by atoms with Crippen LogP contribution in [0.3, 0.4) is 0 Å². The zero-order valence-corrected chi connectivity index (χ0v) is 20.8. The first kappa shape index (κ1) is 25.2. The van der Waals surface area contributed by atoms with Gasteiger partial charge >= 0.3 is 0 Å². The topological polar surface area (TPSA) is 173 Å². The van der Waals surface area contributed by atoms with Crippen molar-refractivity contribution in [1.29, 1.82) is 0 Å². The molecule has 0 radical (unpaired) electrons. The Kier molecular flexibility index (Phi) is 6.98. The third kappa shape index (κ3) is 4.79. The van der Waals surface area contributed by atoms with Gasteiger partial charge in [0.1, 0.15) is 24.1 Å². The van der Waals surface area contributed by atoms with Crippen molar-refractivity contribution < 1.29 is 33.5 Å². The predicted molar refractivity (Wildman–Crippen MR) is 127 cm³/mol. The van der Waals surface area contributed by atoms with Crippen molar-refractivity contribution in [1.82, 2.24) is 0 Å². The Morgan fingerprint density at radius 1 is 0.865 bits per heavy atom. The molecule has 2 spiro atoms. The largest absolute Gasteiger partial charge is 0.510 e. The van der Waals surface area contributed by atoms with Gasteiger partial charge in [0, 0.05) is 41.6 Å². The number of nitrogens with zero attached hydrogens (tertiary/aromatic N) is 6. The highest BCUT2D eigenvalue weighted by atomic mass is 16.8. The van der Waals surface area contributed by atoms with Crippen LogP contribution in [-0.2, 0) is 28.4 Å². The molecule has 6 rings (SSSR count). The summed E-state index contributed by atoms with van der Waals surface area (Å²) in [4.78, 5) is 6.01. The van der Waals surface area contributed by atoms with Crippen LogP contribution in [-0.4, -0.2) is 72.2 Å². The lowest BCUT2D eigenvalue weighted by molar-refractivity contribution is -0.352. The van der Waals surface area contributed by atoms with Crippen LogP contribution in [0.5, 0.6) is 0 Å². The number of aliphatic hydroxyl groups is 1. The van der Waals surface area contributed by atoms with E-state index in [1.807, 2.05) is 0 Å². The minimum Gasteiger partial charge on any atom is -0.510 e. The van der Waals surface area contributed by atoms with Gasteiger partial charge in [0.15, 0.2) is 17.9 Å². The van der Waals surface area contributed by atoms with Crippen molar-refractivity contribution >= 4 is 0 Å². The van der Waals surface area contributed by atoms with Gasteiger partial charge in [0.2, 0.25) is 0 Å². The quantitative estimate of drug-likeness (QED) is 0.315. The first-order chi connectivity index (χ1) is 18.0. The van der Waals surface area contributed by atoms with Crippen LogP contribution < -0.4 is 0 Å². The Morgan fingerprint density at radius 2 is 1.51 bits per heavy atom. The van der Waals surface area contributed by atoms with E-state index in [1.54, 1.807) is 0 Å². The van der Waals surface area contributed by atoms with Gasteiger partial charge in [-0.1, -0.05) is 23.1 Å². The van der Waals surface area contributed by atoms with Crippen LogP contribution in [0.2, 0.25) is 0 Å². The van der Waals surface area contributed by atoms with Gasteiger partial charge in [0.25, 0.3) is 0 Å². The molecule has 0 amide bonds. The second kappa shape index (κ2) is 10.2. The van der Waals surface area contributed by atoms with Crippen molar-refractivity contribution in [3.8, 4) is 0 Å². The third-order valence-corrected chi connectivity index (χ3v) is 8.61. The summed E-state index contributed by atoms with van der Waals surface area (Å²) < 4.78 is 37.8. The van der Waals surface area contributed by atoms with E-state index < -0.39 is 60.5 Å². The second-order valence-corrected chi connectivity index (χ2v) is 11.0. The zero-order chi connectivity index (χ0) is 25.5. The van der Waals surface area contributed by atoms with E-state index in [1.165, 1.54) is 6.08 Å². The molecule has 3 saturated carbocycles. The van der Waals surface area contributed by atoms with Crippen molar-refractivity contribution in [3.05, 3.63) is 32.7 Å². The molecule has 6 aliphatic rings. The van der Waals surface area contributed by atoms with Crippen LogP contribution in [0.4, 0.5) is 0 Å². The molecule has 13 nitrogen and oxygen atoms in total. The molecule has 3 aliphatic heterocycles. The Bertz CT molecular complexity index is 986. The molecule has 202 valence electrons. The standard InChI is InChI=1S/C24H34N6O7/c25-29-27-14-11-15(28-30-26)20-22(37-24(35-20)9-5-2-6-10-24)19(14)34-18-12-16(31)21-17(33-18)13-32-23(36-21)7-3-1-4-8-23/h12,14-15,17-22,31H,1-11,13H2/t14?,15-,17?,18-,19-,20-,21+,22?/m1/s1. The SMILES string of the molecule is [N-]=[N+]=NC1C[C@@H](N=[N+]=[N-])[C@H]2OC3(CCCCC3)OC2[C@@H]1O[C@@H]1C=C(O)[C@@H]2OC3(CCCCC3)OCC2O1. The van der Waals surface area contributed by atoms with Gasteiger partial charge < -0.3 is 33.5 Å². The molecule has 3 heterocycles. The van der Waals surface area contributed by atoms with E-state index in [-0.39, 0.29) is 18.8 Å². The highest BCUT2D eigenvalue weighted by molar-refractivity contribution is 5.12. The number of aliphatic hydroxyl groups excluding tert-OH is 1. The van der Waals surface area contributed by atoms with E-state index in [4.69, 9.17) is 34.0 Å². The van der Waals surface area contributed by atoms with E-state index in [9.17, 15) is 10.6 Å². The fourth-order valence-electron chi connectivity index (χ4n) is 6.85. The number of fused-ring (bicyclic) bond motifs is 2. The number of hydrogen-bond acceptors (Lipinski definition) is 9. The van der Waals surface area contributed by atoms with Crippen LogP contribution in [0.1, 0.15) is 70.6 Å². The fourth-order valence-corrected chi connectivity index (χ4v) is 6.85. The molecule has 1 N–H and O–H groups in total. The lowest BCUT2D eigenvalue weighted by Gasteiger charge is -2.48. The van der Waals surface area contributed by atoms with Crippen LogP contribution in [0.15, 0.2) is 22.1 Å². The van der Waals surface area contributed by atoms with Gasteiger partial charge in [-0.3, -0.25) is 0 Å². The summed E-state index contributed by atoms with van der Waals surface area (Å²) in [7, 11) is 0. The number of ether oxygens (including phenoxy) is 6. The Balaban J connectivity index is 1.23. The smallest absolute Gasteiger partial charge is 0.181 e. The Labute approximate surface area is 214 Å². The van der Waals surface area contributed by atoms with Crippen LogP contribution in [0, 0.1) is 0 Å². The molecule has 13 heteroatoms. The Morgan fingerprint density at radius 3 is 2.22 bits per heavy atom. The van der Waals surface area contributed by atoms with Crippen molar-refractivity contribution in [2.45, 2.75) is 131 Å². The highest BCUT2D eigenvalue weighted by Crippen LogP contribution is 2.47. The molecular weight excluding hydrogens is 484 g/mol. The molecule has 0 bridgehead atoms. The normalized spacial score (nSPS) is 42.1. The summed E-state index contributed by atoms with van der Waals surface area (Å²) in [5, 5.41) is 18.8. The average Bonchev–Trinajstić information content (AvgIpc) is 3.27. The minimum absolute atomic E-state index is 0.0430. The Hall–Kier alpha value is -2.08. The summed E-state index contributed by atoms with van der Waals surface area (Å²) >= 11 is 0. The number of hydrogen-bond donors (Lipinski definition) is 1. The molecule has 3 unspecified atom stereocenters. The second-order valence-electron chi connectivity index (χ2n) is 11.0. The lowest BCUT2D eigenvalue weighted by Crippen LogP contribution is -2.58. The molecule has 8 atom stereocenters. The maximum Gasteiger partial charge on any atom is 0.181 e. The van der Waals surface area contributed by atoms with E-state index in [0.29, 0.717) is 0 Å². The fraction of sp³-hybridized carbons (Fsp3) is 0.917. The zero-order valence-electron chi connectivity index (χ0n) is 20.8. The van der Waals surface area contributed by atoms with Crippen molar-refractivity contribution in [3.63, 3.8) is 0 Å². The van der Waals surface area contributed by atoms with E-state index in [2.05, 4.69) is 20.1 Å². The van der Waals surface area contributed by atoms with Gasteiger partial charge in [-0.25, -0.2) is 0 Å². The highest BCUT2D eigenvalue weighted by Gasteiger charge is 2.58. The van der Waals surface area contributed by atoms with Crippen LogP contribution in [0.25, 0.3) is 20.9 Å². The molecule has 2 saturated heterocycles. The summed E-state index contributed by atoms with van der Waals surface area (Å²) in [6, 6.07) is -1.23. The average molecular weight is 519 g/mol. The predicted octanol–water partition coefficient (Wildman–Crippen LogP) is 4.82. The first-order valence-electron chi connectivity index (χ1n) is 13.5. The molecular formula is C24H34N6O7. The molecule has 0 aromatic heterocycles. The van der Waals surface area contributed by atoms with Gasteiger partial charge in [-0.15, -0.1) is 0 Å². The van der Waals surface area contributed by atoms with Crippen molar-refractivity contribution in [2.75, 3.05) is 6.61 Å². The molecule has 5 fully saturated rings. The van der Waals surface area contributed by atoms with Gasteiger partial charge in [0.05, 0.1) is 30.9 Å². The molecule has 3 aliphatic carbocycles. The number of rotatable bonds is 4. The molecule has 0 aromatic carbocycles. The van der Waals surface area contributed by atoms with E-state index in [0.717, 1.165) is 64.2 Å². The molecule has 37 heavy (non-hydrogen) atoms.